The molecule has 2 unspecified atom stereocenters. The van der Waals surface area contributed by atoms with Crippen LogP contribution in [-0.4, -0.2) is 41.2 Å². The lowest BCUT2D eigenvalue weighted by Crippen LogP contribution is -2.23. The third-order valence-corrected chi connectivity index (χ3v) is 5.31. The molecule has 1 aromatic heterocycles. The molecule has 1 fully saturated rings. The number of carbonyl (C=O) groups is 1. The first-order valence-electron chi connectivity index (χ1n) is 9.07. The smallest absolute Gasteiger partial charge is 0.308 e. The minimum Gasteiger partial charge on any atom is -0.497 e. The molecule has 5 nitrogen and oxygen atoms in total. The number of pyridine rings is 1. The molecular weight excluding hydrogens is 340 g/mol. The molecule has 4 rings (SSSR count). The zero-order valence-electron chi connectivity index (χ0n) is 15.2. The lowest BCUT2D eigenvalue weighted by Gasteiger charge is -2.17. The van der Waals surface area contributed by atoms with Gasteiger partial charge in [0, 0.05) is 37.1 Å². The Bertz CT molecular complexity index is 972. The van der Waals surface area contributed by atoms with Crippen molar-refractivity contribution in [3.05, 3.63) is 71.9 Å². The fourth-order valence-electron chi connectivity index (χ4n) is 3.96. The van der Waals surface area contributed by atoms with E-state index in [4.69, 9.17) is 4.74 Å². The molecule has 2 atom stereocenters. The van der Waals surface area contributed by atoms with Crippen LogP contribution >= 0.6 is 0 Å². The van der Waals surface area contributed by atoms with Crippen molar-refractivity contribution in [3.8, 4) is 5.75 Å². The molecule has 3 aromatic rings. The van der Waals surface area contributed by atoms with Crippen LogP contribution in [0.1, 0.15) is 17.0 Å². The normalized spacial score (nSPS) is 20.0. The van der Waals surface area contributed by atoms with Crippen LogP contribution in [0.4, 0.5) is 0 Å². The molecular formula is C22H22N2O3. The maximum Gasteiger partial charge on any atom is 0.308 e. The van der Waals surface area contributed by atoms with Crippen LogP contribution in [0, 0.1) is 5.92 Å². The van der Waals surface area contributed by atoms with E-state index >= 15 is 0 Å². The van der Waals surface area contributed by atoms with Gasteiger partial charge in [0.15, 0.2) is 0 Å². The molecule has 138 valence electrons. The molecule has 0 bridgehead atoms. The molecule has 1 saturated heterocycles. The van der Waals surface area contributed by atoms with Gasteiger partial charge >= 0.3 is 5.97 Å². The SMILES string of the molecule is COc1cccc(C2CN(Cc3ccc4ncccc4c3)CC2C(=O)O)c1. The first-order valence-corrected chi connectivity index (χ1v) is 9.07. The van der Waals surface area contributed by atoms with Crippen molar-refractivity contribution < 1.29 is 14.6 Å². The average molecular weight is 362 g/mol. The molecule has 1 aliphatic heterocycles. The number of benzene rings is 2. The Kier molecular flexibility index (Phi) is 4.77. The van der Waals surface area contributed by atoms with Crippen molar-refractivity contribution in [2.24, 2.45) is 5.92 Å². The van der Waals surface area contributed by atoms with E-state index in [1.54, 1.807) is 13.3 Å². The predicted molar refractivity (Wildman–Crippen MR) is 104 cm³/mol. The van der Waals surface area contributed by atoms with Gasteiger partial charge in [-0.05, 0) is 41.5 Å². The van der Waals surface area contributed by atoms with Crippen LogP contribution in [0.5, 0.6) is 5.75 Å². The number of carboxylic acid groups (broad SMARTS) is 1. The second kappa shape index (κ2) is 7.37. The van der Waals surface area contributed by atoms with Crippen LogP contribution in [0.3, 0.4) is 0 Å². The number of ether oxygens (including phenoxy) is 1. The number of hydrogen-bond donors (Lipinski definition) is 1. The maximum absolute atomic E-state index is 11.8. The van der Waals surface area contributed by atoms with Crippen molar-refractivity contribution >= 4 is 16.9 Å². The first-order chi connectivity index (χ1) is 13.1. The van der Waals surface area contributed by atoms with E-state index in [2.05, 4.69) is 28.1 Å². The lowest BCUT2D eigenvalue weighted by atomic mass is 9.89. The van der Waals surface area contributed by atoms with Crippen molar-refractivity contribution in [2.45, 2.75) is 12.5 Å². The summed E-state index contributed by atoms with van der Waals surface area (Å²) >= 11 is 0. The number of hydrogen-bond acceptors (Lipinski definition) is 4. The molecule has 0 radical (unpaired) electrons. The Labute approximate surface area is 158 Å². The highest BCUT2D eigenvalue weighted by molar-refractivity contribution is 5.78. The number of nitrogens with zero attached hydrogens (tertiary/aromatic N) is 2. The average Bonchev–Trinajstić information content (AvgIpc) is 3.12. The summed E-state index contributed by atoms with van der Waals surface area (Å²) in [6, 6.07) is 18.0. The van der Waals surface area contributed by atoms with Gasteiger partial charge in [-0.1, -0.05) is 24.3 Å². The zero-order chi connectivity index (χ0) is 18.8. The van der Waals surface area contributed by atoms with E-state index in [-0.39, 0.29) is 5.92 Å². The summed E-state index contributed by atoms with van der Waals surface area (Å²) in [6.07, 6.45) is 1.79. The number of methoxy groups -OCH3 is 1. The molecule has 2 aromatic carbocycles. The summed E-state index contributed by atoms with van der Waals surface area (Å²) in [6.45, 7) is 1.99. The van der Waals surface area contributed by atoms with Crippen molar-refractivity contribution in [1.29, 1.82) is 0 Å². The van der Waals surface area contributed by atoms with Gasteiger partial charge in [-0.3, -0.25) is 14.7 Å². The van der Waals surface area contributed by atoms with E-state index in [0.29, 0.717) is 6.54 Å². The summed E-state index contributed by atoms with van der Waals surface area (Å²) in [5, 5.41) is 10.8. The molecule has 2 heterocycles. The van der Waals surface area contributed by atoms with E-state index in [0.717, 1.165) is 35.3 Å². The fraction of sp³-hybridized carbons (Fsp3) is 0.273. The number of carboxylic acids is 1. The van der Waals surface area contributed by atoms with Gasteiger partial charge in [-0.2, -0.15) is 0 Å². The van der Waals surface area contributed by atoms with Crippen LogP contribution < -0.4 is 4.74 Å². The Morgan fingerprint density at radius 2 is 2.07 bits per heavy atom. The summed E-state index contributed by atoms with van der Waals surface area (Å²) in [4.78, 5) is 18.4. The van der Waals surface area contributed by atoms with Crippen molar-refractivity contribution in [3.63, 3.8) is 0 Å². The Morgan fingerprint density at radius 3 is 2.89 bits per heavy atom. The molecule has 0 spiro atoms. The van der Waals surface area contributed by atoms with Gasteiger partial charge in [-0.25, -0.2) is 0 Å². The minimum absolute atomic E-state index is 0.0419. The molecule has 5 heteroatoms. The highest BCUT2D eigenvalue weighted by atomic mass is 16.5. The van der Waals surface area contributed by atoms with E-state index in [9.17, 15) is 9.90 Å². The Morgan fingerprint density at radius 1 is 1.19 bits per heavy atom. The third-order valence-electron chi connectivity index (χ3n) is 5.31. The minimum atomic E-state index is -0.743. The predicted octanol–water partition coefficient (Wildman–Crippen LogP) is 3.54. The van der Waals surface area contributed by atoms with E-state index in [1.165, 1.54) is 5.56 Å². The van der Waals surface area contributed by atoms with Crippen molar-refractivity contribution in [1.82, 2.24) is 9.88 Å². The summed E-state index contributed by atoms with van der Waals surface area (Å²) < 4.78 is 5.31. The number of aromatic nitrogens is 1. The summed E-state index contributed by atoms with van der Waals surface area (Å²) in [7, 11) is 1.63. The first kappa shape index (κ1) is 17.5. The maximum atomic E-state index is 11.8. The highest BCUT2D eigenvalue weighted by Gasteiger charge is 2.38. The van der Waals surface area contributed by atoms with E-state index < -0.39 is 11.9 Å². The number of fused-ring (bicyclic) bond motifs is 1. The molecule has 1 N–H and O–H groups in total. The topological polar surface area (TPSA) is 62.7 Å². The number of likely N-dealkylation sites (tertiary alicyclic amines) is 1. The molecule has 0 aliphatic carbocycles. The second-order valence-corrected chi connectivity index (χ2v) is 7.05. The molecule has 27 heavy (non-hydrogen) atoms. The number of rotatable bonds is 5. The monoisotopic (exact) mass is 362 g/mol. The van der Waals surface area contributed by atoms with Gasteiger partial charge in [0.2, 0.25) is 0 Å². The quantitative estimate of drug-likeness (QED) is 0.752. The molecule has 1 aliphatic rings. The van der Waals surface area contributed by atoms with Gasteiger partial charge < -0.3 is 9.84 Å². The van der Waals surface area contributed by atoms with Crippen LogP contribution in [-0.2, 0) is 11.3 Å². The Balaban J connectivity index is 1.56. The molecule has 0 amide bonds. The standard InChI is InChI=1S/C22H22N2O3/c1-27-18-6-2-4-16(11-18)19-13-24(14-20(19)22(25)26)12-15-7-8-21-17(10-15)5-3-9-23-21/h2-11,19-20H,12-14H2,1H3,(H,25,26). The third kappa shape index (κ3) is 3.64. The van der Waals surface area contributed by atoms with Crippen LogP contribution in [0.15, 0.2) is 60.8 Å². The number of aliphatic carboxylic acids is 1. The second-order valence-electron chi connectivity index (χ2n) is 7.05. The largest absolute Gasteiger partial charge is 0.497 e. The van der Waals surface area contributed by atoms with Gasteiger partial charge in [0.1, 0.15) is 5.75 Å². The Hall–Kier alpha value is -2.92. The molecule has 0 saturated carbocycles. The lowest BCUT2D eigenvalue weighted by molar-refractivity contribution is -0.141. The zero-order valence-corrected chi connectivity index (χ0v) is 15.2. The summed E-state index contributed by atoms with van der Waals surface area (Å²) in [5.74, 6) is -0.441. The van der Waals surface area contributed by atoms with Crippen LogP contribution in [0.25, 0.3) is 10.9 Å². The van der Waals surface area contributed by atoms with Crippen molar-refractivity contribution in [2.75, 3.05) is 20.2 Å². The van der Waals surface area contributed by atoms with Gasteiger partial charge in [0.25, 0.3) is 0 Å². The van der Waals surface area contributed by atoms with E-state index in [1.807, 2.05) is 36.4 Å². The summed E-state index contributed by atoms with van der Waals surface area (Å²) in [5.41, 5.74) is 3.17. The fourth-order valence-corrected chi connectivity index (χ4v) is 3.96. The highest BCUT2D eigenvalue weighted by Crippen LogP contribution is 2.35. The van der Waals surface area contributed by atoms with Crippen LogP contribution in [0.2, 0.25) is 0 Å². The van der Waals surface area contributed by atoms with Gasteiger partial charge in [-0.15, -0.1) is 0 Å². The van der Waals surface area contributed by atoms with Gasteiger partial charge in [0.05, 0.1) is 18.5 Å².